The monoisotopic (exact) mass is 263 g/mol. The van der Waals surface area contributed by atoms with E-state index in [4.69, 9.17) is 0 Å². The molecule has 0 spiro atoms. The second-order valence-corrected chi connectivity index (χ2v) is 5.32. The summed E-state index contributed by atoms with van der Waals surface area (Å²) in [5, 5.41) is 4.80. The Bertz CT molecular complexity index is 540. The van der Waals surface area contributed by atoms with Crippen molar-refractivity contribution in [2.24, 2.45) is 0 Å². The summed E-state index contributed by atoms with van der Waals surface area (Å²) in [7, 11) is 0. The van der Waals surface area contributed by atoms with Crippen LogP contribution < -0.4 is 5.32 Å². The summed E-state index contributed by atoms with van der Waals surface area (Å²) in [5.74, 6) is -0.0762. The van der Waals surface area contributed by atoms with Crippen LogP contribution in [0, 0.1) is 13.8 Å². The van der Waals surface area contributed by atoms with Gasteiger partial charge in [-0.3, -0.25) is 4.79 Å². The van der Waals surface area contributed by atoms with Crippen LogP contribution in [0.3, 0.4) is 0 Å². The molecule has 0 atom stereocenters. The number of nitrogens with one attached hydrogen (secondary N) is 1. The van der Waals surface area contributed by atoms with Gasteiger partial charge in [0.1, 0.15) is 0 Å². The van der Waals surface area contributed by atoms with Crippen molar-refractivity contribution in [3.8, 4) is 0 Å². The van der Waals surface area contributed by atoms with Crippen LogP contribution in [-0.2, 0) is 0 Å². The average molecular weight is 263 g/mol. The Morgan fingerprint density at radius 1 is 1.29 bits per heavy atom. The van der Waals surface area contributed by atoms with Gasteiger partial charge in [-0.05, 0) is 31.0 Å². The molecular formula is C13H13NOS2. The lowest BCUT2D eigenvalue weighted by molar-refractivity contribution is 0.103. The normalized spacial score (nSPS) is 10.3. The predicted molar refractivity (Wildman–Crippen MR) is 75.4 cm³/mol. The maximum absolute atomic E-state index is 12.0. The lowest BCUT2D eigenvalue weighted by Crippen LogP contribution is -2.12. The molecule has 0 aliphatic heterocycles. The Hall–Kier alpha value is -1.26. The van der Waals surface area contributed by atoms with Gasteiger partial charge < -0.3 is 5.32 Å². The molecule has 17 heavy (non-hydrogen) atoms. The number of carbonyl (C=O) groups excluding carboxylic acids is 1. The predicted octanol–water partition coefficient (Wildman–Crippen LogP) is 3.91. The van der Waals surface area contributed by atoms with Crippen LogP contribution in [0.1, 0.15) is 20.8 Å². The maximum Gasteiger partial charge on any atom is 0.265 e. The van der Waals surface area contributed by atoms with Crippen molar-refractivity contribution in [1.29, 1.82) is 0 Å². The lowest BCUT2D eigenvalue weighted by Gasteiger charge is -2.10. The van der Waals surface area contributed by atoms with Gasteiger partial charge in [0.05, 0.1) is 4.88 Å². The Morgan fingerprint density at radius 2 is 1.94 bits per heavy atom. The highest BCUT2D eigenvalue weighted by atomic mass is 32.1. The molecule has 0 aliphatic rings. The molecule has 2 rings (SSSR count). The molecule has 0 bridgehead atoms. The molecule has 4 heteroatoms. The summed E-state index contributed by atoms with van der Waals surface area (Å²) >= 11 is 5.60. The molecule has 2 nitrogen and oxygen atoms in total. The summed E-state index contributed by atoms with van der Waals surface area (Å²) in [6, 6.07) is 7.73. The molecule has 0 aliphatic carbocycles. The summed E-state index contributed by atoms with van der Waals surface area (Å²) in [6.45, 7) is 3.97. The molecule has 1 N–H and O–H groups in total. The molecule has 0 saturated carbocycles. The number of hydrogen-bond acceptors (Lipinski definition) is 3. The van der Waals surface area contributed by atoms with E-state index >= 15 is 0 Å². The van der Waals surface area contributed by atoms with Crippen LogP contribution >= 0.6 is 24.0 Å². The minimum absolute atomic E-state index is 0.0762. The lowest BCUT2D eigenvalue weighted by atomic mass is 10.1. The SMILES string of the molecule is Cc1cccc(C)c1NC(=O)c1cc(S)cs1. The number of thiol groups is 1. The minimum Gasteiger partial charge on any atom is -0.321 e. The Balaban J connectivity index is 2.24. The number of hydrogen-bond donors (Lipinski definition) is 2. The third kappa shape index (κ3) is 2.70. The third-order valence-corrected chi connectivity index (χ3v) is 3.89. The molecular weight excluding hydrogens is 250 g/mol. The summed E-state index contributed by atoms with van der Waals surface area (Å²) in [4.78, 5) is 13.5. The van der Waals surface area contributed by atoms with Crippen molar-refractivity contribution in [1.82, 2.24) is 0 Å². The van der Waals surface area contributed by atoms with E-state index in [-0.39, 0.29) is 5.91 Å². The van der Waals surface area contributed by atoms with Gasteiger partial charge in [-0.2, -0.15) is 0 Å². The number of benzene rings is 1. The highest BCUT2D eigenvalue weighted by molar-refractivity contribution is 7.80. The number of aryl methyl sites for hydroxylation is 2. The first kappa shape index (κ1) is 12.2. The quantitative estimate of drug-likeness (QED) is 0.790. The van der Waals surface area contributed by atoms with Crippen LogP contribution in [0.4, 0.5) is 5.69 Å². The fourth-order valence-corrected chi connectivity index (χ4v) is 2.68. The molecule has 1 amide bonds. The number of rotatable bonds is 2. The molecule has 1 aromatic heterocycles. The molecule has 88 valence electrons. The zero-order valence-corrected chi connectivity index (χ0v) is 11.4. The summed E-state index contributed by atoms with van der Waals surface area (Å²) in [5.41, 5.74) is 3.04. The van der Waals surface area contributed by atoms with E-state index in [9.17, 15) is 4.79 Å². The number of para-hydroxylation sites is 1. The van der Waals surface area contributed by atoms with Crippen LogP contribution in [0.2, 0.25) is 0 Å². The van der Waals surface area contributed by atoms with Crippen LogP contribution in [0.5, 0.6) is 0 Å². The van der Waals surface area contributed by atoms with Gasteiger partial charge in [-0.1, -0.05) is 18.2 Å². The van der Waals surface area contributed by atoms with Crippen molar-refractivity contribution in [2.75, 3.05) is 5.32 Å². The van der Waals surface area contributed by atoms with Gasteiger partial charge in [0, 0.05) is 16.0 Å². The van der Waals surface area contributed by atoms with Gasteiger partial charge in [0.15, 0.2) is 0 Å². The highest BCUT2D eigenvalue weighted by Gasteiger charge is 2.11. The zero-order chi connectivity index (χ0) is 12.4. The average Bonchev–Trinajstić information content (AvgIpc) is 2.70. The first-order chi connectivity index (χ1) is 8.08. The number of thiophene rings is 1. The zero-order valence-electron chi connectivity index (χ0n) is 9.65. The first-order valence-corrected chi connectivity index (χ1v) is 6.55. The van der Waals surface area contributed by atoms with Gasteiger partial charge in [0.25, 0.3) is 5.91 Å². The van der Waals surface area contributed by atoms with Crippen molar-refractivity contribution >= 4 is 35.6 Å². The molecule has 1 aromatic carbocycles. The van der Waals surface area contributed by atoms with E-state index < -0.39 is 0 Å². The van der Waals surface area contributed by atoms with E-state index in [1.54, 1.807) is 6.07 Å². The Kier molecular flexibility index (Phi) is 3.54. The molecule has 1 heterocycles. The third-order valence-electron chi connectivity index (χ3n) is 2.53. The standard InChI is InChI=1S/C13H13NOS2/c1-8-4-3-5-9(2)12(8)14-13(15)11-6-10(16)7-17-11/h3-7,16H,1-2H3,(H,14,15). The number of anilines is 1. The molecule has 0 fully saturated rings. The van der Waals surface area contributed by atoms with Gasteiger partial charge in [-0.15, -0.1) is 24.0 Å². The first-order valence-electron chi connectivity index (χ1n) is 5.23. The van der Waals surface area contributed by atoms with Crippen LogP contribution in [0.15, 0.2) is 34.5 Å². The number of carbonyl (C=O) groups is 1. The molecule has 2 aromatic rings. The molecule has 0 radical (unpaired) electrons. The van der Waals surface area contributed by atoms with Crippen molar-refractivity contribution < 1.29 is 4.79 Å². The fourth-order valence-electron chi connectivity index (χ4n) is 1.63. The van der Waals surface area contributed by atoms with Crippen molar-refractivity contribution in [3.05, 3.63) is 45.6 Å². The fraction of sp³-hybridized carbons (Fsp3) is 0.154. The summed E-state index contributed by atoms with van der Waals surface area (Å²) < 4.78 is 0. The number of amides is 1. The highest BCUT2D eigenvalue weighted by Crippen LogP contribution is 2.23. The topological polar surface area (TPSA) is 29.1 Å². The van der Waals surface area contributed by atoms with Gasteiger partial charge >= 0.3 is 0 Å². The van der Waals surface area contributed by atoms with Crippen LogP contribution in [-0.4, -0.2) is 5.91 Å². The van der Waals surface area contributed by atoms with Crippen molar-refractivity contribution in [2.45, 2.75) is 18.7 Å². The Morgan fingerprint density at radius 3 is 2.47 bits per heavy atom. The Labute approximate surface area is 110 Å². The second kappa shape index (κ2) is 4.94. The van der Waals surface area contributed by atoms with Crippen LogP contribution in [0.25, 0.3) is 0 Å². The second-order valence-electron chi connectivity index (χ2n) is 3.89. The van der Waals surface area contributed by atoms with E-state index in [0.29, 0.717) is 4.88 Å². The summed E-state index contributed by atoms with van der Waals surface area (Å²) in [6.07, 6.45) is 0. The minimum atomic E-state index is -0.0762. The van der Waals surface area contributed by atoms with Gasteiger partial charge in [0.2, 0.25) is 0 Å². The van der Waals surface area contributed by atoms with E-state index in [1.165, 1.54) is 11.3 Å². The van der Waals surface area contributed by atoms with E-state index in [0.717, 1.165) is 21.7 Å². The maximum atomic E-state index is 12.0. The van der Waals surface area contributed by atoms with E-state index in [2.05, 4.69) is 17.9 Å². The van der Waals surface area contributed by atoms with Crippen molar-refractivity contribution in [3.63, 3.8) is 0 Å². The van der Waals surface area contributed by atoms with E-state index in [1.807, 2.05) is 37.4 Å². The molecule has 0 saturated heterocycles. The smallest absolute Gasteiger partial charge is 0.265 e. The van der Waals surface area contributed by atoms with Gasteiger partial charge in [-0.25, -0.2) is 0 Å². The largest absolute Gasteiger partial charge is 0.321 e. The molecule has 0 unspecified atom stereocenters.